The van der Waals surface area contributed by atoms with Crippen molar-refractivity contribution in [3.63, 3.8) is 0 Å². The molecule has 0 radical (unpaired) electrons. The Morgan fingerprint density at radius 3 is 2.67 bits per heavy atom. The number of halogens is 3. The predicted octanol–water partition coefficient (Wildman–Crippen LogP) is 5.04. The summed E-state index contributed by atoms with van der Waals surface area (Å²) in [6, 6.07) is 8.29. The Hall–Kier alpha value is -2.86. The summed E-state index contributed by atoms with van der Waals surface area (Å²) in [6.45, 7) is 0.770. The van der Waals surface area contributed by atoms with Gasteiger partial charge in [-0.2, -0.15) is 5.10 Å². The highest BCUT2D eigenvalue weighted by atomic mass is 35.5. The van der Waals surface area contributed by atoms with Crippen molar-refractivity contribution < 1.29 is 8.78 Å². The second-order valence-electron chi connectivity index (χ2n) is 6.48. The van der Waals surface area contributed by atoms with Gasteiger partial charge in [-0.05, 0) is 42.7 Å². The van der Waals surface area contributed by atoms with E-state index in [1.54, 1.807) is 12.4 Å². The number of aromatic nitrogens is 4. The van der Waals surface area contributed by atoms with Gasteiger partial charge in [-0.3, -0.25) is 14.6 Å². The summed E-state index contributed by atoms with van der Waals surface area (Å²) in [5.74, 6) is -1.58. The number of nitrogens with zero attached hydrogens (tertiary/aromatic N) is 4. The van der Waals surface area contributed by atoms with E-state index in [4.69, 9.17) is 11.6 Å². The molecule has 1 aliphatic rings. The van der Waals surface area contributed by atoms with Gasteiger partial charge in [0.25, 0.3) is 0 Å². The van der Waals surface area contributed by atoms with Gasteiger partial charge < -0.3 is 0 Å². The van der Waals surface area contributed by atoms with Crippen molar-refractivity contribution in [3.05, 3.63) is 65.1 Å². The van der Waals surface area contributed by atoms with Crippen LogP contribution >= 0.6 is 11.6 Å². The average molecular weight is 383 g/mol. The lowest BCUT2D eigenvalue weighted by atomic mass is 9.97. The summed E-state index contributed by atoms with van der Waals surface area (Å²) in [7, 11) is 0. The molecule has 2 aromatic heterocycles. The smallest absolute Gasteiger partial charge is 0.154 e. The first-order valence-electron chi connectivity index (χ1n) is 8.58. The lowest BCUT2D eigenvalue weighted by Crippen LogP contribution is -1.95. The van der Waals surface area contributed by atoms with Crippen molar-refractivity contribution in [2.24, 2.45) is 0 Å². The molecule has 0 atom stereocenters. The van der Waals surface area contributed by atoms with Crippen LogP contribution in [0.25, 0.3) is 33.4 Å². The Balaban J connectivity index is 1.78. The lowest BCUT2D eigenvalue weighted by molar-refractivity contribution is 0.585. The molecule has 4 aromatic rings. The normalized spacial score (nSPS) is 13.3. The van der Waals surface area contributed by atoms with Crippen molar-refractivity contribution >= 4 is 22.6 Å². The minimum Gasteiger partial charge on any atom is -0.268 e. The van der Waals surface area contributed by atoms with Crippen LogP contribution in [0.5, 0.6) is 0 Å². The van der Waals surface area contributed by atoms with Crippen molar-refractivity contribution in [2.75, 3.05) is 0 Å². The zero-order valence-electron chi connectivity index (χ0n) is 14.1. The molecule has 5 rings (SSSR count). The third kappa shape index (κ3) is 2.51. The number of fused-ring (bicyclic) bond motifs is 2. The van der Waals surface area contributed by atoms with Crippen LogP contribution in [0, 0.1) is 11.6 Å². The Kier molecular flexibility index (Phi) is 3.68. The topological polar surface area (TPSA) is 43.6 Å². The van der Waals surface area contributed by atoms with Crippen LogP contribution in [0.15, 0.2) is 42.7 Å². The van der Waals surface area contributed by atoms with E-state index in [1.807, 2.05) is 22.9 Å². The fourth-order valence-corrected chi connectivity index (χ4v) is 3.82. The first-order valence-corrected chi connectivity index (χ1v) is 8.96. The molecule has 0 aliphatic carbocycles. The number of aryl methyl sites for hydroxylation is 1. The van der Waals surface area contributed by atoms with Crippen LogP contribution in [0.3, 0.4) is 0 Å². The molecule has 0 saturated carbocycles. The van der Waals surface area contributed by atoms with Crippen molar-refractivity contribution in [1.82, 2.24) is 19.7 Å². The molecule has 27 heavy (non-hydrogen) atoms. The average Bonchev–Trinajstić information content (AvgIpc) is 3.27. The van der Waals surface area contributed by atoms with E-state index in [-0.39, 0.29) is 5.56 Å². The van der Waals surface area contributed by atoms with Gasteiger partial charge in [0, 0.05) is 35.8 Å². The highest BCUT2D eigenvalue weighted by molar-refractivity contribution is 6.31. The van der Waals surface area contributed by atoms with E-state index in [0.717, 1.165) is 47.2 Å². The monoisotopic (exact) mass is 382 g/mol. The van der Waals surface area contributed by atoms with Gasteiger partial charge in [-0.25, -0.2) is 8.78 Å². The van der Waals surface area contributed by atoms with E-state index in [9.17, 15) is 8.78 Å². The fraction of sp³-hybridized carbons (Fsp3) is 0.150. The molecule has 0 bridgehead atoms. The second-order valence-corrected chi connectivity index (χ2v) is 6.86. The van der Waals surface area contributed by atoms with Gasteiger partial charge in [-0.15, -0.1) is 0 Å². The van der Waals surface area contributed by atoms with Crippen LogP contribution in [0.1, 0.15) is 12.1 Å². The first kappa shape index (κ1) is 16.3. The quantitative estimate of drug-likeness (QED) is 0.456. The summed E-state index contributed by atoms with van der Waals surface area (Å²) in [5.41, 5.74) is 4.93. The van der Waals surface area contributed by atoms with Gasteiger partial charge in [0.15, 0.2) is 5.82 Å². The third-order valence-corrected chi connectivity index (χ3v) is 5.24. The second kappa shape index (κ2) is 6.09. The van der Waals surface area contributed by atoms with Crippen molar-refractivity contribution in [1.29, 1.82) is 0 Å². The predicted molar refractivity (Wildman–Crippen MR) is 99.4 cm³/mol. The maximum Gasteiger partial charge on any atom is 0.154 e. The number of hydrogen-bond acceptors (Lipinski definition) is 3. The Morgan fingerprint density at radius 2 is 1.81 bits per heavy atom. The zero-order valence-corrected chi connectivity index (χ0v) is 14.8. The highest BCUT2D eigenvalue weighted by Gasteiger charge is 2.26. The summed E-state index contributed by atoms with van der Waals surface area (Å²) in [4.78, 5) is 8.65. The van der Waals surface area contributed by atoms with Gasteiger partial charge >= 0.3 is 0 Å². The molecule has 0 spiro atoms. The first-order chi connectivity index (χ1) is 13.1. The van der Waals surface area contributed by atoms with E-state index in [2.05, 4.69) is 15.1 Å². The largest absolute Gasteiger partial charge is 0.268 e. The van der Waals surface area contributed by atoms with Crippen LogP contribution < -0.4 is 0 Å². The van der Waals surface area contributed by atoms with Crippen molar-refractivity contribution in [2.45, 2.75) is 19.4 Å². The van der Waals surface area contributed by atoms with Gasteiger partial charge in [-0.1, -0.05) is 17.7 Å². The minimum absolute atomic E-state index is 0.192. The fourth-order valence-electron chi connectivity index (χ4n) is 3.65. The molecule has 2 aromatic carbocycles. The van der Waals surface area contributed by atoms with E-state index in [0.29, 0.717) is 5.69 Å². The third-order valence-electron chi connectivity index (χ3n) is 4.89. The molecule has 7 heteroatoms. The number of hydrogen-bond donors (Lipinski definition) is 0. The minimum atomic E-state index is -0.796. The summed E-state index contributed by atoms with van der Waals surface area (Å²) in [6.07, 6.45) is 5.10. The molecule has 0 saturated heterocycles. The Bertz CT molecular complexity index is 1200. The van der Waals surface area contributed by atoms with Crippen molar-refractivity contribution in [3.8, 4) is 22.4 Å². The maximum atomic E-state index is 14.7. The standard InChI is InChI=1S/C20H13ClF2N4/c21-18-13(22)5-4-12(19(18)23)20-17(16-2-1-9-27(16)26-20)11-3-6-14-15(10-11)25-8-7-24-14/h3-8,10H,1-2,9H2. The van der Waals surface area contributed by atoms with E-state index in [1.165, 1.54) is 12.1 Å². The van der Waals surface area contributed by atoms with Crippen LogP contribution in [-0.4, -0.2) is 19.7 Å². The summed E-state index contributed by atoms with van der Waals surface area (Å²) in [5, 5.41) is 4.09. The van der Waals surface area contributed by atoms with Crippen LogP contribution in [0.4, 0.5) is 8.78 Å². The molecule has 4 nitrogen and oxygen atoms in total. The Morgan fingerprint density at radius 1 is 1.00 bits per heavy atom. The highest BCUT2D eigenvalue weighted by Crippen LogP contribution is 2.40. The molecule has 3 heterocycles. The van der Waals surface area contributed by atoms with Crippen LogP contribution in [-0.2, 0) is 13.0 Å². The number of rotatable bonds is 2. The van der Waals surface area contributed by atoms with E-state index < -0.39 is 16.7 Å². The SMILES string of the molecule is Fc1ccc(-c2nn3c(c2-c2ccc4nccnc4c2)CCC3)c(F)c1Cl. The molecule has 0 unspecified atom stereocenters. The van der Waals surface area contributed by atoms with E-state index >= 15 is 0 Å². The lowest BCUT2D eigenvalue weighted by Gasteiger charge is -2.08. The zero-order chi connectivity index (χ0) is 18.5. The summed E-state index contributed by atoms with van der Waals surface area (Å²) < 4.78 is 30.2. The molecular formula is C20H13ClF2N4. The van der Waals surface area contributed by atoms with Gasteiger partial charge in [0.1, 0.15) is 16.5 Å². The van der Waals surface area contributed by atoms with Gasteiger partial charge in [0.05, 0.1) is 11.0 Å². The number of benzene rings is 2. The molecular weight excluding hydrogens is 370 g/mol. The molecule has 1 aliphatic heterocycles. The molecule has 0 fully saturated rings. The Labute approximate surface area is 158 Å². The van der Waals surface area contributed by atoms with Crippen LogP contribution in [0.2, 0.25) is 5.02 Å². The van der Waals surface area contributed by atoms with Gasteiger partial charge in [0.2, 0.25) is 0 Å². The summed E-state index contributed by atoms with van der Waals surface area (Å²) >= 11 is 5.80. The molecule has 0 amide bonds. The maximum absolute atomic E-state index is 14.7. The molecule has 0 N–H and O–H groups in total. The molecule has 134 valence electrons.